The highest BCUT2D eigenvalue weighted by Gasteiger charge is 2.77. The number of aliphatic hydroxyl groups is 1. The second kappa shape index (κ2) is 13.2. The maximum absolute atomic E-state index is 15.1. The van der Waals surface area contributed by atoms with Crippen LogP contribution in [0.5, 0.6) is 0 Å². The molecule has 3 aliphatic heterocycles. The van der Waals surface area contributed by atoms with Crippen LogP contribution in [-0.4, -0.2) is 76.0 Å². The lowest BCUT2D eigenvalue weighted by atomic mass is 9.70. The van der Waals surface area contributed by atoms with E-state index in [-0.39, 0.29) is 48.2 Å². The SMILES string of the molecule is C=CCN(C(=O)[C@H]1[C@@H]2OC3(CC2Br)C(C(=O)N(CC=C)c2c(C)cccc2C)N([C@@H](CO)[C@@H](C)CC)C(=O)[C@H]13)c1ccccc1. The molecule has 5 rings (SSSR count). The Balaban J connectivity index is 1.67. The van der Waals surface area contributed by atoms with Crippen LogP contribution in [0.3, 0.4) is 0 Å². The molecule has 8 atom stereocenters. The van der Waals surface area contributed by atoms with Gasteiger partial charge in [0.05, 0.1) is 30.6 Å². The Morgan fingerprint density at radius 1 is 1.07 bits per heavy atom. The maximum atomic E-state index is 15.1. The minimum atomic E-state index is -1.26. The van der Waals surface area contributed by atoms with Gasteiger partial charge < -0.3 is 24.5 Å². The molecule has 2 bridgehead atoms. The summed E-state index contributed by atoms with van der Waals surface area (Å²) in [6, 6.07) is 13.5. The van der Waals surface area contributed by atoms with Crippen molar-refractivity contribution in [2.24, 2.45) is 17.8 Å². The van der Waals surface area contributed by atoms with Gasteiger partial charge in [0.25, 0.3) is 5.91 Å². The van der Waals surface area contributed by atoms with Gasteiger partial charge in [-0.2, -0.15) is 0 Å². The van der Waals surface area contributed by atoms with E-state index in [0.717, 1.165) is 16.8 Å². The summed E-state index contributed by atoms with van der Waals surface area (Å²) in [7, 11) is 0. The molecule has 45 heavy (non-hydrogen) atoms. The standard InChI is InChI=1S/C36H44BrN3O5/c1-7-18-38(25-16-11-10-12-17-25)33(42)28-29-34(43)40(27(21-41)22(4)9-3)32(36(29)20-26(37)31(28)45-36)35(44)39(19-8-2)30-23(5)14-13-15-24(30)6/h7-8,10-17,22,26-29,31-32,41H,1-2,9,18-21H2,3-6H3/t22-,26?,27-,28+,29-,31+,32?,36?/m0/s1. The molecule has 0 saturated carbocycles. The molecule has 1 spiro atoms. The lowest BCUT2D eigenvalue weighted by molar-refractivity contribution is -0.145. The van der Waals surface area contributed by atoms with Crippen LogP contribution >= 0.6 is 15.9 Å². The van der Waals surface area contributed by atoms with E-state index in [1.807, 2.05) is 76.2 Å². The predicted octanol–water partition coefficient (Wildman–Crippen LogP) is 5.20. The molecule has 3 heterocycles. The molecule has 3 amide bonds. The van der Waals surface area contributed by atoms with Gasteiger partial charge in [-0.1, -0.05) is 84.7 Å². The van der Waals surface area contributed by atoms with E-state index >= 15 is 4.79 Å². The Labute approximate surface area is 274 Å². The molecule has 0 radical (unpaired) electrons. The van der Waals surface area contributed by atoms with Crippen molar-refractivity contribution in [3.05, 3.63) is 85.0 Å². The van der Waals surface area contributed by atoms with E-state index in [1.165, 1.54) is 0 Å². The highest BCUT2D eigenvalue weighted by Crippen LogP contribution is 2.61. The van der Waals surface area contributed by atoms with Gasteiger partial charge in [0, 0.05) is 29.3 Å². The van der Waals surface area contributed by atoms with Crippen LogP contribution in [0.1, 0.15) is 37.8 Å². The number of carbonyl (C=O) groups is 3. The fourth-order valence-corrected chi connectivity index (χ4v) is 8.78. The molecule has 2 aromatic rings. The molecule has 240 valence electrons. The van der Waals surface area contributed by atoms with Crippen molar-refractivity contribution >= 4 is 45.0 Å². The Kier molecular flexibility index (Phi) is 9.73. The molecule has 1 N–H and O–H groups in total. The van der Waals surface area contributed by atoms with Crippen molar-refractivity contribution < 1.29 is 24.2 Å². The third kappa shape index (κ3) is 5.36. The van der Waals surface area contributed by atoms with Gasteiger partial charge in [-0.15, -0.1) is 13.2 Å². The molecule has 3 aliphatic rings. The van der Waals surface area contributed by atoms with Crippen LogP contribution in [0.15, 0.2) is 73.8 Å². The zero-order valence-electron chi connectivity index (χ0n) is 26.6. The third-order valence-electron chi connectivity index (χ3n) is 10.0. The van der Waals surface area contributed by atoms with Crippen molar-refractivity contribution in [2.75, 3.05) is 29.5 Å². The summed E-state index contributed by atoms with van der Waals surface area (Å²) >= 11 is 3.79. The first kappa shape index (κ1) is 33.1. The number of carbonyl (C=O) groups excluding carboxylic acids is 3. The lowest BCUT2D eigenvalue weighted by Crippen LogP contribution is -2.60. The monoisotopic (exact) mass is 677 g/mol. The van der Waals surface area contributed by atoms with E-state index in [1.54, 1.807) is 26.9 Å². The average Bonchev–Trinajstić information content (AvgIpc) is 3.62. The molecular formula is C36H44BrN3O5. The van der Waals surface area contributed by atoms with E-state index in [2.05, 4.69) is 29.1 Å². The second-order valence-corrected chi connectivity index (χ2v) is 13.8. The van der Waals surface area contributed by atoms with Crippen LogP contribution in [0.25, 0.3) is 0 Å². The molecule has 2 aromatic carbocycles. The molecule has 0 aromatic heterocycles. The summed E-state index contributed by atoms with van der Waals surface area (Å²) in [5.74, 6) is -2.70. The number of anilines is 2. The largest absolute Gasteiger partial charge is 0.394 e. The first-order chi connectivity index (χ1) is 21.6. The topological polar surface area (TPSA) is 90.4 Å². The quantitative estimate of drug-likeness (QED) is 0.247. The van der Waals surface area contributed by atoms with Crippen LogP contribution in [0.2, 0.25) is 0 Å². The molecule has 8 nitrogen and oxygen atoms in total. The zero-order valence-corrected chi connectivity index (χ0v) is 28.2. The Morgan fingerprint density at radius 3 is 2.27 bits per heavy atom. The average molecular weight is 679 g/mol. The molecule has 3 saturated heterocycles. The van der Waals surface area contributed by atoms with Crippen LogP contribution in [0.4, 0.5) is 11.4 Å². The number of hydrogen-bond donors (Lipinski definition) is 1. The molecule has 9 heteroatoms. The van der Waals surface area contributed by atoms with Gasteiger partial charge >= 0.3 is 0 Å². The highest BCUT2D eigenvalue weighted by molar-refractivity contribution is 9.09. The van der Waals surface area contributed by atoms with Crippen LogP contribution in [-0.2, 0) is 19.1 Å². The van der Waals surface area contributed by atoms with Crippen molar-refractivity contribution in [2.45, 2.75) is 69.2 Å². The van der Waals surface area contributed by atoms with Gasteiger partial charge in [0.15, 0.2) is 0 Å². The van der Waals surface area contributed by atoms with Gasteiger partial charge in [-0.25, -0.2) is 0 Å². The van der Waals surface area contributed by atoms with Crippen molar-refractivity contribution in [1.82, 2.24) is 4.90 Å². The number of halogens is 1. The van der Waals surface area contributed by atoms with E-state index in [0.29, 0.717) is 18.5 Å². The molecular weight excluding hydrogens is 634 g/mol. The van der Waals surface area contributed by atoms with E-state index in [4.69, 9.17) is 4.74 Å². The first-order valence-corrected chi connectivity index (χ1v) is 16.7. The Hall–Kier alpha value is -3.27. The first-order valence-electron chi connectivity index (χ1n) is 15.8. The summed E-state index contributed by atoms with van der Waals surface area (Å²) in [5.41, 5.74) is 2.03. The van der Waals surface area contributed by atoms with Crippen LogP contribution in [0, 0.1) is 31.6 Å². The number of aryl methyl sites for hydroxylation is 2. The number of benzene rings is 2. The van der Waals surface area contributed by atoms with Crippen molar-refractivity contribution in [3.63, 3.8) is 0 Å². The number of para-hydroxylation sites is 2. The highest BCUT2D eigenvalue weighted by atomic mass is 79.9. The number of amides is 3. The van der Waals surface area contributed by atoms with Crippen LogP contribution < -0.4 is 9.80 Å². The van der Waals surface area contributed by atoms with Gasteiger partial charge in [0.2, 0.25) is 11.8 Å². The van der Waals surface area contributed by atoms with Crippen molar-refractivity contribution in [1.29, 1.82) is 0 Å². The second-order valence-electron chi connectivity index (χ2n) is 12.6. The summed E-state index contributed by atoms with van der Waals surface area (Å²) in [5, 5.41) is 10.7. The number of fused-ring (bicyclic) bond motifs is 1. The maximum Gasteiger partial charge on any atom is 0.253 e. The number of likely N-dealkylation sites (tertiary alicyclic amines) is 1. The number of ether oxygens (including phenoxy) is 1. The lowest BCUT2D eigenvalue weighted by Gasteiger charge is -2.41. The Bertz CT molecular complexity index is 1450. The minimum Gasteiger partial charge on any atom is -0.394 e. The summed E-state index contributed by atoms with van der Waals surface area (Å²) in [4.78, 5) is 49.1. The number of nitrogens with zero attached hydrogens (tertiary/aromatic N) is 3. The summed E-state index contributed by atoms with van der Waals surface area (Å²) in [6.07, 6.45) is 3.80. The molecule has 0 aliphatic carbocycles. The third-order valence-corrected chi connectivity index (χ3v) is 10.9. The fraction of sp³-hybridized carbons (Fsp3) is 0.472. The zero-order chi connectivity index (χ0) is 32.6. The van der Waals surface area contributed by atoms with E-state index < -0.39 is 35.6 Å². The fourth-order valence-electron chi connectivity index (χ4n) is 7.84. The number of rotatable bonds is 12. The predicted molar refractivity (Wildman–Crippen MR) is 180 cm³/mol. The normalized spacial score (nSPS) is 28.0. The van der Waals surface area contributed by atoms with Gasteiger partial charge in [-0.05, 0) is 49.4 Å². The number of hydrogen-bond acceptors (Lipinski definition) is 5. The number of alkyl halides is 1. The smallest absolute Gasteiger partial charge is 0.253 e. The van der Waals surface area contributed by atoms with Gasteiger partial charge in [-0.3, -0.25) is 14.4 Å². The van der Waals surface area contributed by atoms with Gasteiger partial charge in [0.1, 0.15) is 11.6 Å². The molecule has 3 unspecified atom stereocenters. The number of aliphatic hydroxyl groups excluding tert-OH is 1. The van der Waals surface area contributed by atoms with E-state index in [9.17, 15) is 14.7 Å². The minimum absolute atomic E-state index is 0.106. The Morgan fingerprint density at radius 2 is 1.69 bits per heavy atom. The molecule has 3 fully saturated rings. The summed E-state index contributed by atoms with van der Waals surface area (Å²) in [6.45, 7) is 15.9. The summed E-state index contributed by atoms with van der Waals surface area (Å²) < 4.78 is 6.82. The van der Waals surface area contributed by atoms with Crippen molar-refractivity contribution in [3.8, 4) is 0 Å².